The standard InChI is InChI=1S/C18H32N4O2S2/c1-5-13-26(23,24)22-10-8-15(9-11-22)21-17(19-4)20-14-18(2,3)16-7-6-12-25-16/h6-7,12,15H,5,8-11,13-14H2,1-4H3,(H2,19,20,21). The highest BCUT2D eigenvalue weighted by atomic mass is 32.2. The number of hydrogen-bond donors (Lipinski definition) is 2. The largest absolute Gasteiger partial charge is 0.356 e. The molecule has 0 atom stereocenters. The molecule has 1 aromatic rings. The molecule has 1 saturated heterocycles. The van der Waals surface area contributed by atoms with Gasteiger partial charge in [-0.05, 0) is 30.7 Å². The second kappa shape index (κ2) is 9.19. The van der Waals surface area contributed by atoms with Crippen LogP contribution in [0.4, 0.5) is 0 Å². The number of guanidine groups is 1. The van der Waals surface area contributed by atoms with E-state index in [-0.39, 0.29) is 17.2 Å². The van der Waals surface area contributed by atoms with E-state index >= 15 is 0 Å². The molecule has 26 heavy (non-hydrogen) atoms. The number of thiophene rings is 1. The summed E-state index contributed by atoms with van der Waals surface area (Å²) >= 11 is 1.77. The third kappa shape index (κ3) is 5.69. The summed E-state index contributed by atoms with van der Waals surface area (Å²) in [6.07, 6.45) is 2.27. The van der Waals surface area contributed by atoms with Crippen molar-refractivity contribution in [2.75, 3.05) is 32.4 Å². The van der Waals surface area contributed by atoms with Crippen molar-refractivity contribution in [3.05, 3.63) is 22.4 Å². The van der Waals surface area contributed by atoms with Gasteiger partial charge in [-0.25, -0.2) is 12.7 Å². The fourth-order valence-electron chi connectivity index (χ4n) is 3.11. The monoisotopic (exact) mass is 400 g/mol. The minimum Gasteiger partial charge on any atom is -0.356 e. The molecule has 0 unspecified atom stereocenters. The maximum atomic E-state index is 12.2. The number of nitrogens with one attached hydrogen (secondary N) is 2. The van der Waals surface area contributed by atoms with E-state index in [1.807, 2.05) is 6.92 Å². The Bertz CT molecular complexity index is 676. The molecule has 8 heteroatoms. The van der Waals surface area contributed by atoms with Crippen LogP contribution in [0.25, 0.3) is 0 Å². The van der Waals surface area contributed by atoms with E-state index in [0.717, 1.165) is 25.3 Å². The Hall–Kier alpha value is -1.12. The van der Waals surface area contributed by atoms with Gasteiger partial charge in [0.05, 0.1) is 5.75 Å². The normalized spacial score (nSPS) is 18.1. The van der Waals surface area contributed by atoms with E-state index in [0.29, 0.717) is 19.5 Å². The molecule has 2 heterocycles. The van der Waals surface area contributed by atoms with Crippen LogP contribution in [0.5, 0.6) is 0 Å². The molecule has 2 rings (SSSR count). The molecule has 0 spiro atoms. The smallest absolute Gasteiger partial charge is 0.214 e. The zero-order valence-corrected chi connectivity index (χ0v) is 17.9. The van der Waals surface area contributed by atoms with Crippen molar-refractivity contribution in [1.29, 1.82) is 0 Å². The van der Waals surface area contributed by atoms with Crippen LogP contribution in [0.15, 0.2) is 22.5 Å². The molecule has 1 fully saturated rings. The lowest BCUT2D eigenvalue weighted by molar-refractivity contribution is 0.305. The van der Waals surface area contributed by atoms with Crippen LogP contribution in [-0.4, -0.2) is 57.2 Å². The van der Waals surface area contributed by atoms with E-state index in [1.165, 1.54) is 4.88 Å². The first-order valence-electron chi connectivity index (χ1n) is 9.27. The lowest BCUT2D eigenvalue weighted by atomic mass is 9.91. The van der Waals surface area contributed by atoms with Crippen LogP contribution < -0.4 is 10.6 Å². The van der Waals surface area contributed by atoms with Crippen LogP contribution in [0, 0.1) is 0 Å². The SMILES string of the molecule is CCCS(=O)(=O)N1CCC(NC(=NC)NCC(C)(C)c2cccs2)CC1. The summed E-state index contributed by atoms with van der Waals surface area (Å²) < 4.78 is 26.0. The van der Waals surface area contributed by atoms with E-state index in [1.54, 1.807) is 22.7 Å². The van der Waals surface area contributed by atoms with Gasteiger partial charge in [-0.1, -0.05) is 26.8 Å². The zero-order chi connectivity index (χ0) is 19.2. The second-order valence-corrected chi connectivity index (χ2v) is 10.5. The molecule has 148 valence electrons. The third-order valence-electron chi connectivity index (χ3n) is 4.76. The van der Waals surface area contributed by atoms with Crippen molar-refractivity contribution in [2.24, 2.45) is 4.99 Å². The zero-order valence-electron chi connectivity index (χ0n) is 16.3. The average molecular weight is 401 g/mol. The molecule has 0 radical (unpaired) electrons. The van der Waals surface area contributed by atoms with E-state index in [4.69, 9.17) is 0 Å². The quantitative estimate of drug-likeness (QED) is 0.544. The second-order valence-electron chi connectivity index (χ2n) is 7.42. The van der Waals surface area contributed by atoms with Crippen LogP contribution in [-0.2, 0) is 15.4 Å². The van der Waals surface area contributed by atoms with Crippen LogP contribution in [0.1, 0.15) is 44.9 Å². The molecule has 0 aromatic carbocycles. The topological polar surface area (TPSA) is 73.8 Å². The summed E-state index contributed by atoms with van der Waals surface area (Å²) in [6, 6.07) is 4.49. The fourth-order valence-corrected chi connectivity index (χ4v) is 5.50. The Kier molecular flexibility index (Phi) is 7.49. The van der Waals surface area contributed by atoms with Gasteiger partial charge < -0.3 is 10.6 Å². The van der Waals surface area contributed by atoms with Crippen molar-refractivity contribution in [1.82, 2.24) is 14.9 Å². The van der Waals surface area contributed by atoms with Gasteiger partial charge >= 0.3 is 0 Å². The van der Waals surface area contributed by atoms with E-state index in [9.17, 15) is 8.42 Å². The van der Waals surface area contributed by atoms with Crippen molar-refractivity contribution in [3.8, 4) is 0 Å². The van der Waals surface area contributed by atoms with Gasteiger partial charge in [0.1, 0.15) is 0 Å². The first kappa shape index (κ1) is 21.2. The number of rotatable bonds is 7. The van der Waals surface area contributed by atoms with Gasteiger partial charge in [0.25, 0.3) is 0 Å². The maximum absolute atomic E-state index is 12.2. The summed E-state index contributed by atoms with van der Waals surface area (Å²) in [5, 5.41) is 8.97. The Morgan fingerprint density at radius 2 is 2.08 bits per heavy atom. The predicted octanol–water partition coefficient (Wildman–Crippen LogP) is 2.39. The number of hydrogen-bond acceptors (Lipinski definition) is 4. The molecule has 1 aliphatic rings. The van der Waals surface area contributed by atoms with Gasteiger partial charge in [0.2, 0.25) is 10.0 Å². The first-order valence-corrected chi connectivity index (χ1v) is 11.8. The summed E-state index contributed by atoms with van der Waals surface area (Å²) in [7, 11) is -1.31. The molecular formula is C18H32N4O2S2. The first-order chi connectivity index (χ1) is 12.3. The summed E-state index contributed by atoms with van der Waals surface area (Å²) in [6.45, 7) is 8.29. The lowest BCUT2D eigenvalue weighted by Crippen LogP contribution is -2.51. The highest BCUT2D eigenvalue weighted by Crippen LogP contribution is 2.26. The van der Waals surface area contributed by atoms with E-state index < -0.39 is 10.0 Å². The minimum atomic E-state index is -3.08. The van der Waals surface area contributed by atoms with Crippen LogP contribution >= 0.6 is 11.3 Å². The van der Waals surface area contributed by atoms with Crippen LogP contribution in [0.2, 0.25) is 0 Å². The highest BCUT2D eigenvalue weighted by Gasteiger charge is 2.28. The molecule has 2 N–H and O–H groups in total. The molecule has 0 saturated carbocycles. The van der Waals surface area contributed by atoms with Gasteiger partial charge in [0.15, 0.2) is 5.96 Å². The van der Waals surface area contributed by atoms with Crippen LogP contribution in [0.3, 0.4) is 0 Å². The Balaban J connectivity index is 1.82. The average Bonchev–Trinajstić information content (AvgIpc) is 3.14. The number of piperidine rings is 1. The number of aliphatic imine (C=N–C) groups is 1. The molecular weight excluding hydrogens is 368 g/mol. The van der Waals surface area contributed by atoms with Crippen molar-refractivity contribution < 1.29 is 8.42 Å². The molecule has 0 bridgehead atoms. The predicted molar refractivity (Wildman–Crippen MR) is 111 cm³/mol. The summed E-state index contributed by atoms with van der Waals surface area (Å²) in [5.41, 5.74) is 0.0311. The van der Waals surface area contributed by atoms with Gasteiger partial charge in [-0.15, -0.1) is 11.3 Å². The van der Waals surface area contributed by atoms with Gasteiger partial charge in [-0.3, -0.25) is 4.99 Å². The lowest BCUT2D eigenvalue weighted by Gasteiger charge is -2.33. The van der Waals surface area contributed by atoms with Gasteiger partial charge in [0, 0.05) is 43.0 Å². The van der Waals surface area contributed by atoms with Crippen molar-refractivity contribution >= 4 is 27.3 Å². The maximum Gasteiger partial charge on any atom is 0.214 e. The molecule has 1 aliphatic heterocycles. The Morgan fingerprint density at radius 3 is 2.62 bits per heavy atom. The van der Waals surface area contributed by atoms with Crippen molar-refractivity contribution in [3.63, 3.8) is 0 Å². The summed E-state index contributed by atoms with van der Waals surface area (Å²) in [5.74, 6) is 1.02. The third-order valence-corrected chi connectivity index (χ3v) is 8.07. The van der Waals surface area contributed by atoms with Crippen molar-refractivity contribution in [2.45, 2.75) is 51.5 Å². The fraction of sp³-hybridized carbons (Fsp3) is 0.722. The minimum absolute atomic E-state index is 0.0311. The molecule has 6 nitrogen and oxygen atoms in total. The Labute approximate surface area is 162 Å². The summed E-state index contributed by atoms with van der Waals surface area (Å²) in [4.78, 5) is 5.67. The Morgan fingerprint density at radius 1 is 1.38 bits per heavy atom. The molecule has 0 aliphatic carbocycles. The van der Waals surface area contributed by atoms with E-state index in [2.05, 4.69) is 47.0 Å². The number of nitrogens with zero attached hydrogens (tertiary/aromatic N) is 2. The van der Waals surface area contributed by atoms with Gasteiger partial charge in [-0.2, -0.15) is 0 Å². The molecule has 0 amide bonds. The highest BCUT2D eigenvalue weighted by molar-refractivity contribution is 7.89. The molecule has 1 aromatic heterocycles. The number of sulfonamides is 1.